The van der Waals surface area contributed by atoms with Gasteiger partial charge in [0.05, 0.1) is 42.7 Å². The van der Waals surface area contributed by atoms with E-state index in [2.05, 4.69) is 16.4 Å². The van der Waals surface area contributed by atoms with E-state index in [4.69, 9.17) is 35.6 Å². The fourth-order valence-electron chi connectivity index (χ4n) is 7.93. The Balaban J connectivity index is 1.30. The molecule has 4 heterocycles. The molecular formula is C41H48ClFN4O5. The maximum atomic E-state index is 14.0. The minimum atomic E-state index is -0.343. The highest BCUT2D eigenvalue weighted by Crippen LogP contribution is 2.45. The first-order valence-electron chi connectivity index (χ1n) is 18.7. The van der Waals surface area contributed by atoms with E-state index in [1.54, 1.807) is 6.07 Å². The van der Waals surface area contributed by atoms with Crippen LogP contribution in [0.25, 0.3) is 32.8 Å². The van der Waals surface area contributed by atoms with Crippen LogP contribution in [0.2, 0.25) is 5.02 Å². The highest BCUT2D eigenvalue weighted by atomic mass is 35.5. The van der Waals surface area contributed by atoms with Crippen molar-refractivity contribution in [1.82, 2.24) is 19.2 Å². The summed E-state index contributed by atoms with van der Waals surface area (Å²) >= 11 is 7.26. The monoisotopic (exact) mass is 730 g/mol. The van der Waals surface area contributed by atoms with Crippen molar-refractivity contribution in [1.29, 1.82) is 0 Å². The van der Waals surface area contributed by atoms with Crippen molar-refractivity contribution in [2.75, 3.05) is 52.7 Å². The molecule has 2 aliphatic heterocycles. The Morgan fingerprint density at radius 2 is 1.85 bits per heavy atom. The van der Waals surface area contributed by atoms with Gasteiger partial charge in [0, 0.05) is 67.4 Å². The number of benzene rings is 3. The summed E-state index contributed by atoms with van der Waals surface area (Å²) in [6.07, 6.45) is 4.21. The predicted molar refractivity (Wildman–Crippen MR) is 202 cm³/mol. The van der Waals surface area contributed by atoms with Gasteiger partial charge in [0.2, 0.25) is 0 Å². The summed E-state index contributed by atoms with van der Waals surface area (Å²) in [5.74, 6) is 0.0820. The molecule has 7 rings (SSSR count). The van der Waals surface area contributed by atoms with Gasteiger partial charge in [0.1, 0.15) is 23.4 Å². The van der Waals surface area contributed by atoms with E-state index in [1.165, 1.54) is 12.1 Å². The Labute approximate surface area is 309 Å². The number of rotatable bonds is 11. The number of esters is 1. The molecule has 0 amide bonds. The predicted octanol–water partition coefficient (Wildman–Crippen LogP) is 8.31. The van der Waals surface area contributed by atoms with Crippen LogP contribution in [-0.2, 0) is 40.6 Å². The van der Waals surface area contributed by atoms with Gasteiger partial charge in [0.25, 0.3) is 0 Å². The fraction of sp³-hybridized carbons (Fsp3) is 0.463. The van der Waals surface area contributed by atoms with E-state index in [1.807, 2.05) is 49.0 Å². The third kappa shape index (κ3) is 7.31. The van der Waals surface area contributed by atoms with Crippen LogP contribution < -0.4 is 4.74 Å². The minimum absolute atomic E-state index is 0.219. The van der Waals surface area contributed by atoms with Gasteiger partial charge in [0.15, 0.2) is 0 Å². The van der Waals surface area contributed by atoms with Crippen LogP contribution in [0.1, 0.15) is 73.1 Å². The molecule has 5 aromatic rings. The number of nitrogens with zero attached hydrogens (tertiary/aromatic N) is 4. The van der Waals surface area contributed by atoms with Crippen LogP contribution >= 0.6 is 11.6 Å². The van der Waals surface area contributed by atoms with E-state index in [0.29, 0.717) is 49.1 Å². The Morgan fingerprint density at radius 1 is 1.02 bits per heavy atom. The molecular weight excluding hydrogens is 683 g/mol. The summed E-state index contributed by atoms with van der Waals surface area (Å²) in [5.41, 5.74) is 6.26. The van der Waals surface area contributed by atoms with Gasteiger partial charge < -0.3 is 23.5 Å². The van der Waals surface area contributed by atoms with Gasteiger partial charge in [-0.1, -0.05) is 36.7 Å². The van der Waals surface area contributed by atoms with Crippen molar-refractivity contribution in [3.63, 3.8) is 0 Å². The highest BCUT2D eigenvalue weighted by Gasteiger charge is 2.32. The van der Waals surface area contributed by atoms with Gasteiger partial charge >= 0.3 is 5.97 Å². The standard InChI is InChI=1S/C41H48ClFN4O5/c1-4-33-37-36-32(42)16-15-31-30(11-9-23-51-34-12-8-10-27-26-28(43)13-14-29(27)34)40(41(48)50-5-2)47(39(31)36)18-6-7-22-52-35(38(37)44-45(33)3)17-19-46-20-24-49-25-21-46/h8,10,12-16,26,35H,4-7,9,11,17-25H2,1-3H3/t35-/m1/s1. The molecule has 1 fully saturated rings. The van der Waals surface area contributed by atoms with Crippen molar-refractivity contribution in [3.05, 3.63) is 82.0 Å². The number of halogens is 2. The number of aryl methyl sites for hydroxylation is 3. The third-order valence-corrected chi connectivity index (χ3v) is 10.7. The molecule has 0 saturated carbocycles. The molecule has 11 heteroatoms. The topological polar surface area (TPSA) is 80.0 Å². The molecule has 0 spiro atoms. The zero-order valence-electron chi connectivity index (χ0n) is 30.4. The van der Waals surface area contributed by atoms with Gasteiger partial charge in [-0.2, -0.15) is 5.10 Å². The second-order valence-corrected chi connectivity index (χ2v) is 14.0. The van der Waals surface area contributed by atoms with Crippen LogP contribution in [-0.4, -0.2) is 77.9 Å². The molecule has 0 N–H and O–H groups in total. The first-order chi connectivity index (χ1) is 25.4. The molecule has 0 bridgehead atoms. The fourth-order valence-corrected chi connectivity index (χ4v) is 8.17. The lowest BCUT2D eigenvalue weighted by molar-refractivity contribution is 0.00973. The highest BCUT2D eigenvalue weighted by molar-refractivity contribution is 6.35. The van der Waals surface area contributed by atoms with Gasteiger partial charge in [-0.3, -0.25) is 9.58 Å². The molecule has 9 nitrogen and oxygen atoms in total. The SMILES string of the molecule is CCOC(=O)c1c(CCCOc2cccc3cc(F)ccc23)c2ccc(Cl)c3c2n1CCCCO[C@H](CCN1CCOCC1)c1nn(C)c(CC)c1-3. The van der Waals surface area contributed by atoms with E-state index >= 15 is 0 Å². The van der Waals surface area contributed by atoms with Gasteiger partial charge in [-0.25, -0.2) is 9.18 Å². The van der Waals surface area contributed by atoms with Crippen LogP contribution in [0.15, 0.2) is 48.5 Å². The number of fused-ring (bicyclic) bond motifs is 3. The number of morpholine rings is 1. The smallest absolute Gasteiger partial charge is 0.355 e. The van der Waals surface area contributed by atoms with E-state index < -0.39 is 0 Å². The number of carbonyl (C=O) groups is 1. The van der Waals surface area contributed by atoms with Crippen molar-refractivity contribution >= 4 is 39.2 Å². The normalized spacial score (nSPS) is 16.9. The van der Waals surface area contributed by atoms with Crippen LogP contribution in [0, 0.1) is 5.82 Å². The summed E-state index contributed by atoms with van der Waals surface area (Å²) in [6, 6.07) is 14.4. The molecule has 1 atom stereocenters. The Kier molecular flexibility index (Phi) is 11.5. The van der Waals surface area contributed by atoms with Gasteiger partial charge in [-0.05, 0) is 86.7 Å². The Bertz CT molecular complexity index is 2050. The molecule has 0 unspecified atom stereocenters. The van der Waals surface area contributed by atoms with E-state index in [-0.39, 0.29) is 24.5 Å². The van der Waals surface area contributed by atoms with Gasteiger partial charge in [-0.15, -0.1) is 0 Å². The molecule has 2 aliphatic rings. The summed E-state index contributed by atoms with van der Waals surface area (Å²) in [7, 11) is 1.99. The molecule has 1 saturated heterocycles. The molecule has 0 radical (unpaired) electrons. The van der Waals surface area contributed by atoms with E-state index in [9.17, 15) is 9.18 Å². The summed E-state index contributed by atoms with van der Waals surface area (Å²) in [4.78, 5) is 16.4. The lowest BCUT2D eigenvalue weighted by Crippen LogP contribution is -2.37. The number of hydrogen-bond acceptors (Lipinski definition) is 7. The van der Waals surface area contributed by atoms with Crippen molar-refractivity contribution < 1.29 is 28.1 Å². The molecule has 3 aromatic carbocycles. The average molecular weight is 731 g/mol. The first-order valence-corrected chi connectivity index (χ1v) is 19.1. The van der Waals surface area contributed by atoms with Crippen LogP contribution in [0.5, 0.6) is 5.75 Å². The number of ether oxygens (including phenoxy) is 4. The van der Waals surface area contributed by atoms with Crippen molar-refractivity contribution in [2.45, 2.75) is 65.0 Å². The van der Waals surface area contributed by atoms with Crippen molar-refractivity contribution in [2.24, 2.45) is 7.05 Å². The number of carbonyl (C=O) groups excluding carboxylic acids is 1. The maximum Gasteiger partial charge on any atom is 0.355 e. The quantitative estimate of drug-likeness (QED) is 0.1000. The van der Waals surface area contributed by atoms with Crippen molar-refractivity contribution in [3.8, 4) is 16.9 Å². The van der Waals surface area contributed by atoms with E-state index in [0.717, 1.165) is 108 Å². The Hall–Kier alpha value is -3.96. The molecule has 52 heavy (non-hydrogen) atoms. The molecule has 2 aromatic heterocycles. The zero-order valence-corrected chi connectivity index (χ0v) is 31.1. The first kappa shape index (κ1) is 36.4. The minimum Gasteiger partial charge on any atom is -0.493 e. The lowest BCUT2D eigenvalue weighted by atomic mass is 9.94. The summed E-state index contributed by atoms with van der Waals surface area (Å²) < 4.78 is 42.3. The third-order valence-electron chi connectivity index (χ3n) is 10.4. The zero-order chi connectivity index (χ0) is 36.2. The second-order valence-electron chi connectivity index (χ2n) is 13.6. The lowest BCUT2D eigenvalue weighted by Gasteiger charge is -2.28. The molecule has 276 valence electrons. The largest absolute Gasteiger partial charge is 0.493 e. The van der Waals surface area contributed by atoms with Crippen LogP contribution in [0.3, 0.4) is 0 Å². The average Bonchev–Trinajstić information content (AvgIpc) is 3.63. The maximum absolute atomic E-state index is 14.0. The van der Waals surface area contributed by atoms with Crippen LogP contribution in [0.4, 0.5) is 4.39 Å². The summed E-state index contributed by atoms with van der Waals surface area (Å²) in [6.45, 7) is 10.1. The molecule has 0 aliphatic carbocycles. The number of aromatic nitrogens is 3. The number of hydrogen-bond donors (Lipinski definition) is 0. The second kappa shape index (κ2) is 16.4. The Morgan fingerprint density at radius 3 is 2.65 bits per heavy atom. The summed E-state index contributed by atoms with van der Waals surface area (Å²) in [5, 5.41) is 8.37.